The van der Waals surface area contributed by atoms with Gasteiger partial charge in [0, 0.05) is 6.54 Å². The normalized spacial score (nSPS) is 15.9. The van der Waals surface area contributed by atoms with Crippen LogP contribution in [0.5, 0.6) is 0 Å². The van der Waals surface area contributed by atoms with Crippen LogP contribution in [0.25, 0.3) is 0 Å². The van der Waals surface area contributed by atoms with Gasteiger partial charge in [-0.2, -0.15) is 0 Å². The molecular formula is C9H14N2. The van der Waals surface area contributed by atoms with Crippen LogP contribution in [0.3, 0.4) is 0 Å². The van der Waals surface area contributed by atoms with E-state index in [0.29, 0.717) is 6.54 Å². The van der Waals surface area contributed by atoms with Gasteiger partial charge in [-0.3, -0.25) is 0 Å². The lowest BCUT2D eigenvalue weighted by atomic mass is 9.94. The second-order valence-electron chi connectivity index (χ2n) is 2.99. The number of hydrogen-bond donors (Lipinski definition) is 2. The van der Waals surface area contributed by atoms with Gasteiger partial charge in [-0.25, -0.2) is 0 Å². The summed E-state index contributed by atoms with van der Waals surface area (Å²) in [5.74, 6) is 0. The molecule has 2 nitrogen and oxygen atoms in total. The van der Waals surface area contributed by atoms with Crippen molar-refractivity contribution in [2.24, 2.45) is 11.5 Å². The second kappa shape index (κ2) is 3.03. The number of hydrogen-bond acceptors (Lipinski definition) is 2. The molecule has 4 N–H and O–H groups in total. The van der Waals surface area contributed by atoms with Crippen molar-refractivity contribution in [3.05, 3.63) is 35.9 Å². The van der Waals surface area contributed by atoms with Crippen LogP contribution in [0.2, 0.25) is 0 Å². The Bertz CT molecular complexity index is 216. The molecule has 0 fully saturated rings. The summed E-state index contributed by atoms with van der Waals surface area (Å²) in [5, 5.41) is 0. The van der Waals surface area contributed by atoms with Crippen LogP contribution < -0.4 is 11.5 Å². The first kappa shape index (κ1) is 8.24. The zero-order chi connectivity index (χ0) is 8.32. The summed E-state index contributed by atoms with van der Waals surface area (Å²) in [6.45, 7) is 2.40. The van der Waals surface area contributed by atoms with E-state index < -0.39 is 0 Å². The van der Waals surface area contributed by atoms with Gasteiger partial charge < -0.3 is 11.5 Å². The molecule has 0 spiro atoms. The van der Waals surface area contributed by atoms with E-state index in [4.69, 9.17) is 11.5 Å². The quantitative estimate of drug-likeness (QED) is 0.655. The minimum absolute atomic E-state index is 0.388. The highest BCUT2D eigenvalue weighted by Crippen LogP contribution is 2.14. The molecule has 0 aliphatic rings. The van der Waals surface area contributed by atoms with Gasteiger partial charge >= 0.3 is 0 Å². The Labute approximate surface area is 67.2 Å². The lowest BCUT2D eigenvalue weighted by Crippen LogP contribution is -2.40. The number of nitrogens with two attached hydrogens (primary N) is 2. The van der Waals surface area contributed by atoms with Crippen LogP contribution in [-0.4, -0.2) is 6.54 Å². The SMILES string of the molecule is C[C@@](N)(CN)c1ccccc1. The third-order valence-corrected chi connectivity index (χ3v) is 1.86. The van der Waals surface area contributed by atoms with Crippen LogP contribution in [0.15, 0.2) is 30.3 Å². The van der Waals surface area contributed by atoms with Gasteiger partial charge in [0.2, 0.25) is 0 Å². The van der Waals surface area contributed by atoms with Crippen molar-refractivity contribution in [2.45, 2.75) is 12.5 Å². The molecule has 0 bridgehead atoms. The molecule has 0 saturated heterocycles. The first-order valence-electron chi connectivity index (χ1n) is 3.71. The minimum atomic E-state index is -0.388. The maximum Gasteiger partial charge on any atom is 0.0505 e. The zero-order valence-electron chi connectivity index (χ0n) is 6.75. The molecule has 0 aliphatic carbocycles. The van der Waals surface area contributed by atoms with Gasteiger partial charge in [0.15, 0.2) is 0 Å². The fourth-order valence-corrected chi connectivity index (χ4v) is 0.937. The Morgan fingerprint density at radius 1 is 1.27 bits per heavy atom. The zero-order valence-corrected chi connectivity index (χ0v) is 6.75. The molecule has 1 rings (SSSR count). The predicted octanol–water partition coefficient (Wildman–Crippen LogP) is 0.819. The molecular weight excluding hydrogens is 136 g/mol. The summed E-state index contributed by atoms with van der Waals surface area (Å²) in [4.78, 5) is 0. The third kappa shape index (κ3) is 1.79. The first-order chi connectivity index (χ1) is 5.17. The summed E-state index contributed by atoms with van der Waals surface area (Å²) in [7, 11) is 0. The van der Waals surface area contributed by atoms with Crippen LogP contribution in [0.1, 0.15) is 12.5 Å². The molecule has 0 saturated carbocycles. The lowest BCUT2D eigenvalue weighted by molar-refractivity contribution is 0.508. The van der Waals surface area contributed by atoms with Gasteiger partial charge in [-0.15, -0.1) is 0 Å². The monoisotopic (exact) mass is 150 g/mol. The first-order valence-corrected chi connectivity index (χ1v) is 3.71. The van der Waals surface area contributed by atoms with Crippen molar-refractivity contribution in [1.29, 1.82) is 0 Å². The second-order valence-corrected chi connectivity index (χ2v) is 2.99. The lowest BCUT2D eigenvalue weighted by Gasteiger charge is -2.22. The molecule has 0 aromatic heterocycles. The highest BCUT2D eigenvalue weighted by atomic mass is 14.8. The summed E-state index contributed by atoms with van der Waals surface area (Å²) in [6, 6.07) is 9.89. The average molecular weight is 150 g/mol. The van der Waals surface area contributed by atoms with E-state index in [1.807, 2.05) is 37.3 Å². The topological polar surface area (TPSA) is 52.0 Å². The van der Waals surface area contributed by atoms with Crippen LogP contribution >= 0.6 is 0 Å². The van der Waals surface area contributed by atoms with E-state index in [-0.39, 0.29) is 5.54 Å². The molecule has 1 aromatic carbocycles. The average Bonchev–Trinajstić information content (AvgIpc) is 2.06. The Hall–Kier alpha value is -0.860. The molecule has 60 valence electrons. The van der Waals surface area contributed by atoms with Crippen molar-refractivity contribution in [1.82, 2.24) is 0 Å². The Morgan fingerprint density at radius 2 is 1.82 bits per heavy atom. The molecule has 2 heteroatoms. The standard InChI is InChI=1S/C9H14N2/c1-9(11,7-10)8-5-3-2-4-6-8/h2-6H,7,10-11H2,1H3/t9-/m1/s1. The number of benzene rings is 1. The third-order valence-electron chi connectivity index (χ3n) is 1.86. The fraction of sp³-hybridized carbons (Fsp3) is 0.333. The van der Waals surface area contributed by atoms with Gasteiger partial charge in [0.1, 0.15) is 0 Å². The molecule has 1 atom stereocenters. The van der Waals surface area contributed by atoms with E-state index in [9.17, 15) is 0 Å². The molecule has 0 heterocycles. The molecule has 0 aliphatic heterocycles. The van der Waals surface area contributed by atoms with Gasteiger partial charge in [0.25, 0.3) is 0 Å². The van der Waals surface area contributed by atoms with Crippen molar-refractivity contribution < 1.29 is 0 Å². The summed E-state index contributed by atoms with van der Waals surface area (Å²) < 4.78 is 0. The summed E-state index contributed by atoms with van der Waals surface area (Å²) in [5.41, 5.74) is 12.1. The summed E-state index contributed by atoms with van der Waals surface area (Å²) in [6.07, 6.45) is 0. The highest BCUT2D eigenvalue weighted by Gasteiger charge is 2.17. The Balaban J connectivity index is 2.93. The van der Waals surface area contributed by atoms with Crippen molar-refractivity contribution in [2.75, 3.05) is 6.54 Å². The maximum absolute atomic E-state index is 5.91. The maximum atomic E-state index is 5.91. The van der Waals surface area contributed by atoms with Crippen LogP contribution in [0.4, 0.5) is 0 Å². The van der Waals surface area contributed by atoms with Gasteiger partial charge in [0.05, 0.1) is 5.54 Å². The minimum Gasteiger partial charge on any atom is -0.328 e. The van der Waals surface area contributed by atoms with Gasteiger partial charge in [-0.05, 0) is 12.5 Å². The van der Waals surface area contributed by atoms with Crippen LogP contribution in [-0.2, 0) is 5.54 Å². The molecule has 1 aromatic rings. The Morgan fingerprint density at radius 3 is 2.27 bits per heavy atom. The molecule has 0 unspecified atom stereocenters. The largest absolute Gasteiger partial charge is 0.328 e. The highest BCUT2D eigenvalue weighted by molar-refractivity contribution is 5.23. The van der Waals surface area contributed by atoms with E-state index >= 15 is 0 Å². The molecule has 11 heavy (non-hydrogen) atoms. The smallest absolute Gasteiger partial charge is 0.0505 e. The van der Waals surface area contributed by atoms with E-state index in [1.54, 1.807) is 0 Å². The van der Waals surface area contributed by atoms with E-state index in [2.05, 4.69) is 0 Å². The van der Waals surface area contributed by atoms with E-state index in [1.165, 1.54) is 0 Å². The summed E-state index contributed by atoms with van der Waals surface area (Å²) >= 11 is 0. The predicted molar refractivity (Wildman–Crippen MR) is 47.0 cm³/mol. The fourth-order valence-electron chi connectivity index (χ4n) is 0.937. The van der Waals surface area contributed by atoms with Crippen molar-refractivity contribution in [3.8, 4) is 0 Å². The van der Waals surface area contributed by atoms with Gasteiger partial charge in [-0.1, -0.05) is 30.3 Å². The molecule has 0 radical (unpaired) electrons. The number of rotatable bonds is 2. The Kier molecular flexibility index (Phi) is 2.27. The molecule has 0 amide bonds. The van der Waals surface area contributed by atoms with E-state index in [0.717, 1.165) is 5.56 Å². The van der Waals surface area contributed by atoms with Crippen LogP contribution in [0, 0.1) is 0 Å². The van der Waals surface area contributed by atoms with Crippen molar-refractivity contribution in [3.63, 3.8) is 0 Å². The van der Waals surface area contributed by atoms with Crippen molar-refractivity contribution >= 4 is 0 Å².